The normalized spacial score (nSPS) is 11.4. The van der Waals surface area contributed by atoms with Gasteiger partial charge in [-0.1, -0.05) is 11.6 Å². The van der Waals surface area contributed by atoms with Crippen molar-refractivity contribution in [3.05, 3.63) is 41.4 Å². The molecular weight excluding hydrogens is 316 g/mol. The van der Waals surface area contributed by atoms with Gasteiger partial charge in [-0.2, -0.15) is 5.10 Å². The molecule has 7 nitrogen and oxygen atoms in total. The molecule has 1 heterocycles. The molecule has 0 aliphatic rings. The van der Waals surface area contributed by atoms with Crippen molar-refractivity contribution in [1.29, 1.82) is 0 Å². The molecule has 0 amide bonds. The van der Waals surface area contributed by atoms with Crippen LogP contribution in [-0.2, 0) is 13.6 Å². The molecule has 0 saturated carbocycles. The van der Waals surface area contributed by atoms with Crippen LogP contribution in [0.25, 0.3) is 0 Å². The van der Waals surface area contributed by atoms with Crippen LogP contribution in [0.15, 0.2) is 35.6 Å². The van der Waals surface area contributed by atoms with Crippen molar-refractivity contribution >= 4 is 17.6 Å². The number of nitrogens with zero attached hydrogens (tertiary/aromatic N) is 5. The highest BCUT2D eigenvalue weighted by Gasteiger charge is 2.07. The first-order valence-electron chi connectivity index (χ1n) is 7.23. The molecule has 1 aromatic heterocycles. The highest BCUT2D eigenvalue weighted by atomic mass is 35.5. The number of guanidine groups is 1. The minimum Gasteiger partial charge on any atom is -0.492 e. The molecule has 0 aliphatic carbocycles. The van der Waals surface area contributed by atoms with Gasteiger partial charge in [0.25, 0.3) is 0 Å². The van der Waals surface area contributed by atoms with Crippen molar-refractivity contribution in [2.45, 2.75) is 6.54 Å². The van der Waals surface area contributed by atoms with Gasteiger partial charge >= 0.3 is 0 Å². The predicted molar refractivity (Wildman–Crippen MR) is 90.8 cm³/mol. The van der Waals surface area contributed by atoms with Crippen LogP contribution in [0, 0.1) is 0 Å². The summed E-state index contributed by atoms with van der Waals surface area (Å²) >= 11 is 5.85. The summed E-state index contributed by atoms with van der Waals surface area (Å²) in [6, 6.07) is 7.32. The van der Waals surface area contributed by atoms with Crippen molar-refractivity contribution in [2.24, 2.45) is 12.0 Å². The number of rotatable bonds is 6. The Balaban J connectivity index is 1.77. The molecule has 8 heteroatoms. The minimum atomic E-state index is 0.544. The maximum atomic E-state index is 5.85. The fourth-order valence-corrected chi connectivity index (χ4v) is 2.09. The summed E-state index contributed by atoms with van der Waals surface area (Å²) in [5.74, 6) is 2.41. The Morgan fingerprint density at radius 2 is 2.13 bits per heavy atom. The molecule has 124 valence electrons. The molecule has 2 aromatic rings. The van der Waals surface area contributed by atoms with Crippen molar-refractivity contribution < 1.29 is 4.74 Å². The monoisotopic (exact) mass is 336 g/mol. The lowest BCUT2D eigenvalue weighted by molar-refractivity contribution is 0.281. The smallest absolute Gasteiger partial charge is 0.193 e. The highest BCUT2D eigenvalue weighted by molar-refractivity contribution is 6.30. The Morgan fingerprint density at radius 3 is 2.74 bits per heavy atom. The van der Waals surface area contributed by atoms with Crippen LogP contribution in [0.3, 0.4) is 0 Å². The fourth-order valence-electron chi connectivity index (χ4n) is 1.96. The first-order chi connectivity index (χ1) is 11.1. The van der Waals surface area contributed by atoms with Gasteiger partial charge in [-0.15, -0.1) is 0 Å². The van der Waals surface area contributed by atoms with E-state index < -0.39 is 0 Å². The Kier molecular flexibility index (Phi) is 6.22. The van der Waals surface area contributed by atoms with Crippen LogP contribution < -0.4 is 10.1 Å². The number of aromatic nitrogens is 3. The Bertz CT molecular complexity index is 640. The lowest BCUT2D eigenvalue weighted by Crippen LogP contribution is -2.40. The van der Waals surface area contributed by atoms with Crippen molar-refractivity contribution in [2.75, 3.05) is 27.2 Å². The maximum absolute atomic E-state index is 5.85. The molecule has 0 saturated heterocycles. The van der Waals surface area contributed by atoms with Crippen LogP contribution >= 0.6 is 11.6 Å². The van der Waals surface area contributed by atoms with E-state index in [2.05, 4.69) is 20.4 Å². The molecule has 0 spiro atoms. The number of aryl methyl sites for hydroxylation is 1. The summed E-state index contributed by atoms with van der Waals surface area (Å²) in [6.45, 7) is 1.80. The van der Waals surface area contributed by atoms with E-state index in [0.29, 0.717) is 24.7 Å². The summed E-state index contributed by atoms with van der Waals surface area (Å²) in [4.78, 5) is 10.4. The number of aliphatic imine (C=N–C) groups is 1. The molecule has 0 aliphatic heterocycles. The van der Waals surface area contributed by atoms with Crippen molar-refractivity contribution in [3.63, 3.8) is 0 Å². The van der Waals surface area contributed by atoms with Gasteiger partial charge in [-0.25, -0.2) is 4.98 Å². The van der Waals surface area contributed by atoms with Crippen molar-refractivity contribution in [3.8, 4) is 5.75 Å². The van der Waals surface area contributed by atoms with Crippen LogP contribution in [-0.4, -0.2) is 52.9 Å². The Labute approximate surface area is 140 Å². The van der Waals surface area contributed by atoms with Crippen LogP contribution in [0.4, 0.5) is 0 Å². The highest BCUT2D eigenvalue weighted by Crippen LogP contribution is 2.15. The van der Waals surface area contributed by atoms with Gasteiger partial charge in [0.15, 0.2) is 5.96 Å². The summed E-state index contributed by atoms with van der Waals surface area (Å²) in [7, 11) is 5.56. The molecule has 0 radical (unpaired) electrons. The fraction of sp³-hybridized carbons (Fsp3) is 0.400. The van der Waals surface area contributed by atoms with Crippen molar-refractivity contribution in [1.82, 2.24) is 25.0 Å². The van der Waals surface area contributed by atoms with E-state index >= 15 is 0 Å². The van der Waals surface area contributed by atoms with Gasteiger partial charge in [0.05, 0.1) is 13.1 Å². The summed E-state index contributed by atoms with van der Waals surface area (Å²) < 4.78 is 7.41. The standard InChI is InChI=1S/C15H21ClN6O/c1-17-15(18-10-14-19-11-20-22(14)3)21(2)8-9-23-13-6-4-12(16)5-7-13/h4-7,11H,8-10H2,1-3H3,(H,17,18). The zero-order chi connectivity index (χ0) is 16.7. The second-order valence-electron chi connectivity index (χ2n) is 4.92. The topological polar surface area (TPSA) is 67.6 Å². The van der Waals surface area contributed by atoms with E-state index in [1.54, 1.807) is 11.7 Å². The molecule has 1 aromatic carbocycles. The van der Waals surface area contributed by atoms with Gasteiger partial charge in [-0.3, -0.25) is 9.67 Å². The summed E-state index contributed by atoms with van der Waals surface area (Å²) in [5, 5.41) is 7.98. The molecule has 2 rings (SSSR count). The third kappa shape index (κ3) is 5.14. The lowest BCUT2D eigenvalue weighted by Gasteiger charge is -2.22. The number of hydrogen-bond donors (Lipinski definition) is 1. The van der Waals surface area contributed by atoms with Crippen LogP contribution in [0.2, 0.25) is 5.02 Å². The molecular formula is C15H21ClN6O. The van der Waals surface area contributed by atoms with Gasteiger partial charge in [0.2, 0.25) is 0 Å². The number of halogens is 1. The Morgan fingerprint density at radius 1 is 1.39 bits per heavy atom. The molecule has 0 atom stereocenters. The quantitative estimate of drug-likeness (QED) is 0.640. The van der Waals surface area contributed by atoms with Gasteiger partial charge in [0.1, 0.15) is 24.5 Å². The molecule has 1 N–H and O–H groups in total. The molecule has 0 unspecified atom stereocenters. The van der Waals surface area contributed by atoms with E-state index in [1.807, 2.05) is 43.3 Å². The van der Waals surface area contributed by atoms with Gasteiger partial charge < -0.3 is 15.0 Å². The molecule has 23 heavy (non-hydrogen) atoms. The SMILES string of the molecule is CN=C(NCc1ncnn1C)N(C)CCOc1ccc(Cl)cc1. The zero-order valence-corrected chi connectivity index (χ0v) is 14.3. The van der Waals surface area contributed by atoms with Crippen LogP contribution in [0.5, 0.6) is 5.75 Å². The first kappa shape index (κ1) is 17.1. The zero-order valence-electron chi connectivity index (χ0n) is 13.5. The van der Waals surface area contributed by atoms with E-state index in [0.717, 1.165) is 17.5 Å². The molecule has 0 bridgehead atoms. The second kappa shape index (κ2) is 8.38. The number of nitrogens with one attached hydrogen (secondary N) is 1. The third-order valence-electron chi connectivity index (χ3n) is 3.29. The van der Waals surface area contributed by atoms with Crippen LogP contribution in [0.1, 0.15) is 5.82 Å². The predicted octanol–water partition coefficient (Wildman–Crippen LogP) is 1.55. The van der Waals surface area contributed by atoms with E-state index in [1.165, 1.54) is 6.33 Å². The number of hydrogen-bond acceptors (Lipinski definition) is 4. The lowest BCUT2D eigenvalue weighted by atomic mass is 10.3. The third-order valence-corrected chi connectivity index (χ3v) is 3.54. The summed E-state index contributed by atoms with van der Waals surface area (Å²) in [5.41, 5.74) is 0. The minimum absolute atomic E-state index is 0.544. The average molecular weight is 337 g/mol. The molecule has 0 fully saturated rings. The van der Waals surface area contributed by atoms with Gasteiger partial charge in [-0.05, 0) is 24.3 Å². The largest absolute Gasteiger partial charge is 0.492 e. The number of benzene rings is 1. The van der Waals surface area contributed by atoms with E-state index in [9.17, 15) is 0 Å². The second-order valence-corrected chi connectivity index (χ2v) is 5.36. The Hall–Kier alpha value is -2.28. The number of ether oxygens (including phenoxy) is 1. The maximum Gasteiger partial charge on any atom is 0.193 e. The van der Waals surface area contributed by atoms with E-state index in [4.69, 9.17) is 16.3 Å². The average Bonchev–Trinajstić information content (AvgIpc) is 2.95. The number of likely N-dealkylation sites (N-methyl/N-ethyl adjacent to an activating group) is 1. The first-order valence-corrected chi connectivity index (χ1v) is 7.61. The van der Waals surface area contributed by atoms with E-state index in [-0.39, 0.29) is 0 Å². The summed E-state index contributed by atoms with van der Waals surface area (Å²) in [6.07, 6.45) is 1.53. The van der Waals surface area contributed by atoms with Gasteiger partial charge in [0, 0.05) is 26.2 Å².